The number of fused-ring (bicyclic) bond motifs is 1. The highest BCUT2D eigenvalue weighted by molar-refractivity contribution is 5.85. The molecule has 0 N–H and O–H groups in total. The summed E-state index contributed by atoms with van der Waals surface area (Å²) in [6.07, 6.45) is 7.55. The molecule has 2 aromatic carbocycles. The van der Waals surface area contributed by atoms with E-state index in [2.05, 4.69) is 17.0 Å². The van der Waals surface area contributed by atoms with Crippen LogP contribution in [-0.2, 0) is 17.6 Å². The fourth-order valence-electron chi connectivity index (χ4n) is 5.03. The molecular weight excluding hydrogens is 480 g/mol. The van der Waals surface area contributed by atoms with Gasteiger partial charge in [-0.15, -0.1) is 12.4 Å². The molecule has 7 nitrogen and oxygen atoms in total. The summed E-state index contributed by atoms with van der Waals surface area (Å²) in [7, 11) is 6.57. The molecule has 2 aromatic rings. The van der Waals surface area contributed by atoms with Crippen molar-refractivity contribution in [2.75, 3.05) is 54.6 Å². The molecule has 1 unspecified atom stereocenters. The number of amides is 1. The third-order valence-corrected chi connectivity index (χ3v) is 6.96. The highest BCUT2D eigenvalue weighted by atomic mass is 35.5. The third kappa shape index (κ3) is 6.45. The highest BCUT2D eigenvalue weighted by Crippen LogP contribution is 2.33. The first kappa shape index (κ1) is 27.7. The number of nitrogens with zero attached hydrogens (tertiary/aromatic N) is 2. The van der Waals surface area contributed by atoms with Crippen LogP contribution in [0.15, 0.2) is 36.5 Å². The number of carbonyl (C=O) groups is 1. The lowest BCUT2D eigenvalue weighted by molar-refractivity contribution is -0.128. The average Bonchev–Trinajstić information content (AvgIpc) is 3.04. The molecule has 0 bridgehead atoms. The molecule has 1 fully saturated rings. The normalized spacial score (nSPS) is 17.6. The number of hydrogen-bond acceptors (Lipinski definition) is 6. The molecule has 196 valence electrons. The average molecular weight is 517 g/mol. The van der Waals surface area contributed by atoms with Crippen molar-refractivity contribution < 1.29 is 23.7 Å². The first-order valence-electron chi connectivity index (χ1n) is 12.2. The van der Waals surface area contributed by atoms with E-state index in [1.165, 1.54) is 5.56 Å². The number of ether oxygens (including phenoxy) is 4. The van der Waals surface area contributed by atoms with E-state index in [0.717, 1.165) is 68.1 Å². The van der Waals surface area contributed by atoms with Gasteiger partial charge in [-0.3, -0.25) is 4.79 Å². The van der Waals surface area contributed by atoms with Crippen LogP contribution in [0.2, 0.25) is 0 Å². The number of likely N-dealkylation sites (tertiary alicyclic amines) is 1. The van der Waals surface area contributed by atoms with E-state index < -0.39 is 0 Å². The van der Waals surface area contributed by atoms with E-state index in [9.17, 15) is 4.79 Å². The quantitative estimate of drug-likeness (QED) is 0.490. The predicted octanol–water partition coefficient (Wildman–Crippen LogP) is 4.45. The van der Waals surface area contributed by atoms with Gasteiger partial charge < -0.3 is 28.7 Å². The van der Waals surface area contributed by atoms with Crippen LogP contribution in [0.25, 0.3) is 6.08 Å². The molecule has 0 aromatic heterocycles. The SMILES string of the molecule is COc1ccc(CCN2CCCC(CN3C=Cc4cc(OC)c(OC)cc4CC3=O)C2)cc1OC.Cl. The first-order chi connectivity index (χ1) is 17.0. The number of hydrogen-bond donors (Lipinski definition) is 0. The fraction of sp³-hybridized carbons (Fsp3) is 0.464. The highest BCUT2D eigenvalue weighted by Gasteiger charge is 2.25. The van der Waals surface area contributed by atoms with Crippen LogP contribution in [-0.4, -0.2) is 70.3 Å². The number of rotatable bonds is 9. The van der Waals surface area contributed by atoms with Crippen LogP contribution in [0.5, 0.6) is 23.0 Å². The Balaban J connectivity index is 0.00000361. The molecule has 4 rings (SSSR count). The van der Waals surface area contributed by atoms with Crippen LogP contribution >= 0.6 is 12.4 Å². The molecule has 1 saturated heterocycles. The molecule has 36 heavy (non-hydrogen) atoms. The van der Waals surface area contributed by atoms with Gasteiger partial charge in [-0.25, -0.2) is 0 Å². The lowest BCUT2D eigenvalue weighted by Crippen LogP contribution is -2.42. The second kappa shape index (κ2) is 12.9. The van der Waals surface area contributed by atoms with Gasteiger partial charge in [-0.05, 0) is 78.8 Å². The van der Waals surface area contributed by atoms with E-state index in [4.69, 9.17) is 18.9 Å². The van der Waals surface area contributed by atoms with Crippen molar-refractivity contribution >= 4 is 24.4 Å². The lowest BCUT2D eigenvalue weighted by Gasteiger charge is -2.34. The molecule has 2 aliphatic heterocycles. The Labute approximate surface area is 220 Å². The van der Waals surface area contributed by atoms with Gasteiger partial charge in [0.2, 0.25) is 5.91 Å². The zero-order chi connectivity index (χ0) is 24.8. The van der Waals surface area contributed by atoms with Gasteiger partial charge in [0.15, 0.2) is 23.0 Å². The zero-order valence-corrected chi connectivity index (χ0v) is 22.4. The Morgan fingerprint density at radius 3 is 2.33 bits per heavy atom. The number of carbonyl (C=O) groups excluding carboxylic acids is 1. The molecule has 0 radical (unpaired) electrons. The van der Waals surface area contributed by atoms with Gasteiger partial charge in [0.1, 0.15) is 0 Å². The van der Waals surface area contributed by atoms with Gasteiger partial charge in [0.05, 0.1) is 34.9 Å². The topological polar surface area (TPSA) is 60.5 Å². The van der Waals surface area contributed by atoms with Crippen LogP contribution in [0.4, 0.5) is 0 Å². The number of piperidine rings is 1. The molecule has 2 aliphatic rings. The smallest absolute Gasteiger partial charge is 0.230 e. The summed E-state index contributed by atoms with van der Waals surface area (Å²) in [4.78, 5) is 17.5. The van der Waals surface area contributed by atoms with Crippen molar-refractivity contribution in [3.05, 3.63) is 53.2 Å². The van der Waals surface area contributed by atoms with E-state index >= 15 is 0 Å². The minimum atomic E-state index is 0. The van der Waals surface area contributed by atoms with Crippen LogP contribution in [0.1, 0.15) is 29.5 Å². The third-order valence-electron chi connectivity index (χ3n) is 6.96. The number of halogens is 1. The minimum Gasteiger partial charge on any atom is -0.493 e. The summed E-state index contributed by atoms with van der Waals surface area (Å²) < 4.78 is 21.6. The van der Waals surface area contributed by atoms with Crippen molar-refractivity contribution in [3.63, 3.8) is 0 Å². The van der Waals surface area contributed by atoms with Crippen LogP contribution in [0, 0.1) is 5.92 Å². The van der Waals surface area contributed by atoms with E-state index in [-0.39, 0.29) is 18.3 Å². The maximum absolute atomic E-state index is 13.1. The molecule has 8 heteroatoms. The van der Waals surface area contributed by atoms with E-state index in [0.29, 0.717) is 23.8 Å². The van der Waals surface area contributed by atoms with Crippen molar-refractivity contribution in [1.82, 2.24) is 9.80 Å². The molecule has 2 heterocycles. The summed E-state index contributed by atoms with van der Waals surface area (Å²) in [6.45, 7) is 3.82. The van der Waals surface area contributed by atoms with Gasteiger partial charge >= 0.3 is 0 Å². The second-order valence-corrected chi connectivity index (χ2v) is 9.19. The molecule has 1 atom stereocenters. The van der Waals surface area contributed by atoms with Gasteiger partial charge in [0, 0.05) is 25.8 Å². The molecule has 0 aliphatic carbocycles. The molecular formula is C28H37ClN2O5. The van der Waals surface area contributed by atoms with Crippen LogP contribution in [0.3, 0.4) is 0 Å². The predicted molar refractivity (Wildman–Crippen MR) is 144 cm³/mol. The fourth-order valence-corrected chi connectivity index (χ4v) is 5.03. The Kier molecular flexibility index (Phi) is 9.90. The summed E-state index contributed by atoms with van der Waals surface area (Å²) >= 11 is 0. The summed E-state index contributed by atoms with van der Waals surface area (Å²) in [6, 6.07) is 9.98. The van der Waals surface area contributed by atoms with Gasteiger partial charge in [-0.2, -0.15) is 0 Å². The summed E-state index contributed by atoms with van der Waals surface area (Å²) in [5, 5.41) is 0. The summed E-state index contributed by atoms with van der Waals surface area (Å²) in [5.74, 6) is 3.42. The Morgan fingerprint density at radius 2 is 1.61 bits per heavy atom. The van der Waals surface area contributed by atoms with Crippen molar-refractivity contribution in [2.24, 2.45) is 5.92 Å². The van der Waals surface area contributed by atoms with Crippen molar-refractivity contribution in [3.8, 4) is 23.0 Å². The standard InChI is InChI=1S/C28H36N2O5.ClH/c1-32-24-8-7-20(14-25(24)33-2)9-12-29-11-5-6-21(18-29)19-30-13-10-22-15-26(34-3)27(35-4)16-23(22)17-28(30)31;/h7-8,10,13-16,21H,5-6,9,11-12,17-19H2,1-4H3;1H. The monoisotopic (exact) mass is 516 g/mol. The zero-order valence-electron chi connectivity index (χ0n) is 21.6. The number of methoxy groups -OCH3 is 4. The lowest BCUT2D eigenvalue weighted by atomic mass is 9.96. The summed E-state index contributed by atoms with van der Waals surface area (Å²) in [5.41, 5.74) is 3.20. The molecule has 0 saturated carbocycles. The maximum Gasteiger partial charge on any atom is 0.230 e. The minimum absolute atomic E-state index is 0. The maximum atomic E-state index is 13.1. The molecule has 0 spiro atoms. The largest absolute Gasteiger partial charge is 0.493 e. The van der Waals surface area contributed by atoms with Crippen LogP contribution < -0.4 is 18.9 Å². The number of benzene rings is 2. The van der Waals surface area contributed by atoms with E-state index in [1.807, 2.05) is 35.4 Å². The van der Waals surface area contributed by atoms with Crippen molar-refractivity contribution in [2.45, 2.75) is 25.7 Å². The van der Waals surface area contributed by atoms with Crippen molar-refractivity contribution in [1.29, 1.82) is 0 Å². The van der Waals surface area contributed by atoms with Gasteiger partial charge in [-0.1, -0.05) is 6.07 Å². The van der Waals surface area contributed by atoms with E-state index in [1.54, 1.807) is 28.4 Å². The first-order valence-corrected chi connectivity index (χ1v) is 12.2. The van der Waals surface area contributed by atoms with Gasteiger partial charge in [0.25, 0.3) is 0 Å². The Bertz CT molecular complexity index is 1070. The Morgan fingerprint density at radius 1 is 0.917 bits per heavy atom. The second-order valence-electron chi connectivity index (χ2n) is 9.19. The Hall–Kier alpha value is -2.90. The molecule has 1 amide bonds.